The van der Waals surface area contributed by atoms with Crippen LogP contribution in [0.4, 0.5) is 0 Å². The highest BCUT2D eigenvalue weighted by Gasteiger charge is 2.07. The van der Waals surface area contributed by atoms with Crippen LogP contribution in [0.1, 0.15) is 43.4 Å². The highest BCUT2D eigenvalue weighted by atomic mass is 35.5. The minimum Gasteiger partial charge on any atom is -0.387 e. The van der Waals surface area contributed by atoms with Crippen molar-refractivity contribution in [2.75, 3.05) is 13.1 Å². The summed E-state index contributed by atoms with van der Waals surface area (Å²) in [6.07, 6.45) is 3.18. The van der Waals surface area contributed by atoms with Crippen LogP contribution in [0.2, 0.25) is 5.02 Å². The maximum absolute atomic E-state index is 9.99. The molecule has 0 saturated carbocycles. The predicted molar refractivity (Wildman–Crippen MR) is 73.5 cm³/mol. The average molecular weight is 256 g/mol. The lowest BCUT2D eigenvalue weighted by Gasteiger charge is -2.13. The number of rotatable bonds is 7. The fourth-order valence-electron chi connectivity index (χ4n) is 1.73. The Bertz CT molecular complexity index is 341. The van der Waals surface area contributed by atoms with Crippen LogP contribution in [0.25, 0.3) is 0 Å². The zero-order chi connectivity index (χ0) is 12.7. The first kappa shape index (κ1) is 14.5. The summed E-state index contributed by atoms with van der Waals surface area (Å²) in [6, 6.07) is 5.67. The number of halogens is 1. The number of aryl methyl sites for hydroxylation is 1. The van der Waals surface area contributed by atoms with E-state index in [0.29, 0.717) is 6.54 Å². The molecule has 0 saturated heterocycles. The SMILES string of the molecule is CCCCCNCC(O)c1ccc(Cl)c(C)c1. The molecule has 1 aromatic rings. The summed E-state index contributed by atoms with van der Waals surface area (Å²) in [7, 11) is 0. The van der Waals surface area contributed by atoms with Crippen molar-refractivity contribution < 1.29 is 5.11 Å². The van der Waals surface area contributed by atoms with E-state index in [-0.39, 0.29) is 0 Å². The van der Waals surface area contributed by atoms with E-state index in [0.717, 1.165) is 22.7 Å². The largest absolute Gasteiger partial charge is 0.387 e. The molecule has 0 aliphatic rings. The van der Waals surface area contributed by atoms with Gasteiger partial charge >= 0.3 is 0 Å². The molecular formula is C14H22ClNO. The van der Waals surface area contributed by atoms with Gasteiger partial charge in [0.15, 0.2) is 0 Å². The van der Waals surface area contributed by atoms with Crippen molar-refractivity contribution >= 4 is 11.6 Å². The van der Waals surface area contributed by atoms with Crippen LogP contribution in [-0.4, -0.2) is 18.2 Å². The summed E-state index contributed by atoms with van der Waals surface area (Å²) in [6.45, 7) is 5.71. The van der Waals surface area contributed by atoms with Crippen LogP contribution in [0.5, 0.6) is 0 Å². The second-order valence-electron chi connectivity index (χ2n) is 4.44. The molecule has 0 aliphatic carbocycles. The van der Waals surface area contributed by atoms with Gasteiger partial charge in [-0.25, -0.2) is 0 Å². The van der Waals surface area contributed by atoms with E-state index in [2.05, 4.69) is 12.2 Å². The molecule has 17 heavy (non-hydrogen) atoms. The summed E-state index contributed by atoms with van der Waals surface area (Å²) in [5.41, 5.74) is 1.93. The van der Waals surface area contributed by atoms with Crippen LogP contribution in [0, 0.1) is 6.92 Å². The van der Waals surface area contributed by atoms with Crippen molar-refractivity contribution in [3.05, 3.63) is 34.3 Å². The second-order valence-corrected chi connectivity index (χ2v) is 4.84. The Hall–Kier alpha value is -0.570. The first-order valence-corrected chi connectivity index (χ1v) is 6.67. The summed E-state index contributed by atoms with van der Waals surface area (Å²) < 4.78 is 0. The van der Waals surface area contributed by atoms with Gasteiger partial charge in [0.2, 0.25) is 0 Å². The smallest absolute Gasteiger partial charge is 0.0914 e. The number of hydrogen-bond acceptors (Lipinski definition) is 2. The minimum atomic E-state index is -0.451. The Balaban J connectivity index is 2.36. The van der Waals surface area contributed by atoms with E-state index in [1.165, 1.54) is 19.3 Å². The zero-order valence-corrected chi connectivity index (χ0v) is 11.4. The Morgan fingerprint density at radius 3 is 2.76 bits per heavy atom. The molecule has 1 unspecified atom stereocenters. The highest BCUT2D eigenvalue weighted by Crippen LogP contribution is 2.20. The zero-order valence-electron chi connectivity index (χ0n) is 10.7. The van der Waals surface area contributed by atoms with Crippen LogP contribution in [0.3, 0.4) is 0 Å². The Kier molecular flexibility index (Phi) is 6.56. The van der Waals surface area contributed by atoms with Crippen molar-refractivity contribution in [3.63, 3.8) is 0 Å². The third-order valence-electron chi connectivity index (χ3n) is 2.86. The molecule has 0 aliphatic heterocycles. The van der Waals surface area contributed by atoms with Gasteiger partial charge in [-0.2, -0.15) is 0 Å². The van der Waals surface area contributed by atoms with Gasteiger partial charge in [-0.15, -0.1) is 0 Å². The van der Waals surface area contributed by atoms with Crippen LogP contribution in [0.15, 0.2) is 18.2 Å². The third-order valence-corrected chi connectivity index (χ3v) is 3.29. The molecule has 0 fully saturated rings. The maximum Gasteiger partial charge on any atom is 0.0914 e. The number of aliphatic hydroxyl groups is 1. The number of hydrogen-bond donors (Lipinski definition) is 2. The Morgan fingerprint density at radius 1 is 1.35 bits per heavy atom. The Labute approximate surface area is 109 Å². The fraction of sp³-hybridized carbons (Fsp3) is 0.571. The molecule has 96 valence electrons. The molecule has 0 radical (unpaired) electrons. The monoisotopic (exact) mass is 255 g/mol. The lowest BCUT2D eigenvalue weighted by molar-refractivity contribution is 0.174. The van der Waals surface area contributed by atoms with Gasteiger partial charge in [-0.1, -0.05) is 43.5 Å². The minimum absolute atomic E-state index is 0.451. The van der Waals surface area contributed by atoms with Gasteiger partial charge in [0, 0.05) is 11.6 Å². The van der Waals surface area contributed by atoms with E-state index >= 15 is 0 Å². The van der Waals surface area contributed by atoms with Gasteiger partial charge in [0.25, 0.3) is 0 Å². The topological polar surface area (TPSA) is 32.3 Å². The van der Waals surface area contributed by atoms with Gasteiger partial charge in [0.05, 0.1) is 6.10 Å². The van der Waals surface area contributed by atoms with E-state index < -0.39 is 6.10 Å². The molecule has 0 spiro atoms. The number of nitrogens with one attached hydrogen (secondary N) is 1. The molecule has 2 nitrogen and oxygen atoms in total. The van der Waals surface area contributed by atoms with Crippen molar-refractivity contribution in [1.82, 2.24) is 5.32 Å². The quantitative estimate of drug-likeness (QED) is 0.732. The van der Waals surface area contributed by atoms with Crippen molar-refractivity contribution in [3.8, 4) is 0 Å². The lowest BCUT2D eigenvalue weighted by atomic mass is 10.1. The van der Waals surface area contributed by atoms with Crippen LogP contribution < -0.4 is 5.32 Å². The number of benzene rings is 1. The highest BCUT2D eigenvalue weighted by molar-refractivity contribution is 6.31. The van der Waals surface area contributed by atoms with Crippen molar-refractivity contribution in [2.24, 2.45) is 0 Å². The Morgan fingerprint density at radius 2 is 2.12 bits per heavy atom. The molecule has 0 aromatic heterocycles. The molecule has 0 bridgehead atoms. The lowest BCUT2D eigenvalue weighted by Crippen LogP contribution is -2.22. The van der Waals surface area contributed by atoms with Crippen molar-refractivity contribution in [1.29, 1.82) is 0 Å². The molecule has 3 heteroatoms. The molecular weight excluding hydrogens is 234 g/mol. The summed E-state index contributed by atoms with van der Waals surface area (Å²) in [4.78, 5) is 0. The maximum atomic E-state index is 9.99. The first-order valence-electron chi connectivity index (χ1n) is 6.30. The van der Waals surface area contributed by atoms with E-state index in [4.69, 9.17) is 11.6 Å². The van der Waals surface area contributed by atoms with Gasteiger partial charge in [-0.3, -0.25) is 0 Å². The van der Waals surface area contributed by atoms with Gasteiger partial charge in [0.1, 0.15) is 0 Å². The first-order chi connectivity index (χ1) is 8.15. The molecule has 1 rings (SSSR count). The normalized spacial score (nSPS) is 12.7. The molecule has 2 N–H and O–H groups in total. The standard InChI is InChI=1S/C14H22ClNO/c1-3-4-5-8-16-10-14(17)12-6-7-13(15)11(2)9-12/h6-7,9,14,16-17H,3-5,8,10H2,1-2H3. The fourth-order valence-corrected chi connectivity index (χ4v) is 1.85. The second kappa shape index (κ2) is 7.70. The predicted octanol–water partition coefficient (Wildman–Crippen LogP) is 3.46. The molecule has 1 atom stereocenters. The van der Waals surface area contributed by atoms with E-state index in [9.17, 15) is 5.11 Å². The van der Waals surface area contributed by atoms with Gasteiger partial charge in [-0.05, 0) is 37.1 Å². The number of aliphatic hydroxyl groups excluding tert-OH is 1. The van der Waals surface area contributed by atoms with Crippen LogP contribution >= 0.6 is 11.6 Å². The van der Waals surface area contributed by atoms with Gasteiger partial charge < -0.3 is 10.4 Å². The summed E-state index contributed by atoms with van der Waals surface area (Å²) >= 11 is 5.95. The average Bonchev–Trinajstić information content (AvgIpc) is 2.32. The van der Waals surface area contributed by atoms with Crippen LogP contribution in [-0.2, 0) is 0 Å². The van der Waals surface area contributed by atoms with Crippen molar-refractivity contribution in [2.45, 2.75) is 39.2 Å². The summed E-state index contributed by atoms with van der Waals surface area (Å²) in [5.74, 6) is 0. The van der Waals surface area contributed by atoms with E-state index in [1.807, 2.05) is 25.1 Å². The molecule has 0 heterocycles. The molecule has 0 amide bonds. The number of unbranched alkanes of at least 4 members (excludes halogenated alkanes) is 2. The summed E-state index contributed by atoms with van der Waals surface area (Å²) in [5, 5.41) is 14.0. The van der Waals surface area contributed by atoms with E-state index in [1.54, 1.807) is 0 Å². The third kappa shape index (κ3) is 5.07. The molecule has 1 aromatic carbocycles.